The van der Waals surface area contributed by atoms with Crippen molar-refractivity contribution in [3.63, 3.8) is 0 Å². The van der Waals surface area contributed by atoms with Gasteiger partial charge in [0.05, 0.1) is 0 Å². The van der Waals surface area contributed by atoms with Crippen molar-refractivity contribution in [1.82, 2.24) is 0 Å². The van der Waals surface area contributed by atoms with Crippen LogP contribution in [0.3, 0.4) is 0 Å². The first-order chi connectivity index (χ1) is 14.5. The van der Waals surface area contributed by atoms with Gasteiger partial charge in [-0.05, 0) is 36.2 Å². The van der Waals surface area contributed by atoms with E-state index in [2.05, 4.69) is 0 Å². The molecule has 0 saturated carbocycles. The van der Waals surface area contributed by atoms with Crippen LogP contribution < -0.4 is 21.0 Å². The zero-order valence-corrected chi connectivity index (χ0v) is 16.8. The molecule has 0 bridgehead atoms. The van der Waals surface area contributed by atoms with Gasteiger partial charge in [0.25, 0.3) is 5.91 Å². The lowest BCUT2D eigenvalue weighted by Crippen LogP contribution is -2.37. The zero-order valence-electron chi connectivity index (χ0n) is 16.8. The van der Waals surface area contributed by atoms with E-state index in [4.69, 9.17) is 14.9 Å². The maximum absolute atomic E-state index is 12.8. The Morgan fingerprint density at radius 2 is 1.87 bits per heavy atom. The molecule has 0 unspecified atom stereocenters. The van der Waals surface area contributed by atoms with Crippen molar-refractivity contribution in [1.29, 1.82) is 0 Å². The number of amides is 2. The molecular formula is C23H24N2O5. The summed E-state index contributed by atoms with van der Waals surface area (Å²) in [5, 5.41) is 0.850. The highest BCUT2D eigenvalue weighted by Gasteiger charge is 2.17. The molecule has 0 aliphatic heterocycles. The van der Waals surface area contributed by atoms with Gasteiger partial charge in [0.1, 0.15) is 11.3 Å². The Hall–Kier alpha value is -3.61. The normalized spacial score (nSPS) is 10.7. The quantitative estimate of drug-likeness (QED) is 0.548. The lowest BCUT2D eigenvalue weighted by atomic mass is 10.1. The summed E-state index contributed by atoms with van der Waals surface area (Å²) in [6.07, 6.45) is 1.72. The van der Waals surface area contributed by atoms with Crippen molar-refractivity contribution in [2.45, 2.75) is 26.2 Å². The molecule has 0 aliphatic rings. The third-order valence-electron chi connectivity index (χ3n) is 4.63. The number of aryl methyl sites for hydroxylation is 1. The number of para-hydroxylation sites is 1. The van der Waals surface area contributed by atoms with Crippen molar-refractivity contribution >= 4 is 28.5 Å². The number of carbonyl (C=O) groups is 2. The summed E-state index contributed by atoms with van der Waals surface area (Å²) in [5.74, 6) is -0.392. The van der Waals surface area contributed by atoms with Crippen LogP contribution in [-0.4, -0.2) is 25.0 Å². The molecule has 0 radical (unpaired) electrons. The van der Waals surface area contributed by atoms with Gasteiger partial charge in [0.15, 0.2) is 6.61 Å². The number of nitrogens with two attached hydrogens (primary N) is 1. The minimum atomic E-state index is -0.489. The Balaban J connectivity index is 1.77. The number of carbonyl (C=O) groups excluding carboxylic acids is 2. The lowest BCUT2D eigenvalue weighted by molar-refractivity contribution is -0.120. The number of nitrogens with zero attached hydrogens (tertiary/aromatic N) is 1. The minimum Gasteiger partial charge on any atom is -0.484 e. The summed E-state index contributed by atoms with van der Waals surface area (Å²) in [4.78, 5) is 37.2. The number of fused-ring (bicyclic) bond motifs is 1. The number of anilines is 1. The Morgan fingerprint density at radius 1 is 1.10 bits per heavy atom. The standard InChI is InChI=1S/C23H24N2O5/c1-2-6-16-13-23(28)30-20-14-18(9-10-19(16)20)29-15-22(27)25(12-11-21(24)26)17-7-4-3-5-8-17/h3-5,7-10,13-14H,2,6,11-12,15H2,1H3,(H2,24,26). The molecular weight excluding hydrogens is 384 g/mol. The van der Waals surface area contributed by atoms with Crippen molar-refractivity contribution < 1.29 is 18.7 Å². The molecule has 2 amide bonds. The van der Waals surface area contributed by atoms with Gasteiger partial charge in [0, 0.05) is 36.2 Å². The molecule has 30 heavy (non-hydrogen) atoms. The van der Waals surface area contributed by atoms with Crippen LogP contribution in [0.4, 0.5) is 5.69 Å². The molecule has 1 aromatic heterocycles. The van der Waals surface area contributed by atoms with Crippen LogP contribution in [0, 0.1) is 0 Å². The summed E-state index contributed by atoms with van der Waals surface area (Å²) >= 11 is 0. The molecule has 0 atom stereocenters. The van der Waals surface area contributed by atoms with E-state index >= 15 is 0 Å². The number of rotatable bonds is 9. The second-order valence-corrected chi connectivity index (χ2v) is 6.88. The van der Waals surface area contributed by atoms with E-state index in [0.717, 1.165) is 23.8 Å². The molecule has 0 saturated heterocycles. The average Bonchev–Trinajstić information content (AvgIpc) is 2.72. The minimum absolute atomic E-state index is 0.0436. The van der Waals surface area contributed by atoms with Crippen LogP contribution in [0.15, 0.2) is 63.8 Å². The fraction of sp³-hybridized carbons (Fsp3) is 0.261. The summed E-state index contributed by atoms with van der Waals surface area (Å²) in [7, 11) is 0. The van der Waals surface area contributed by atoms with Crippen LogP contribution in [0.1, 0.15) is 25.3 Å². The number of hydrogen-bond donors (Lipinski definition) is 1. The largest absolute Gasteiger partial charge is 0.484 e. The average molecular weight is 408 g/mol. The summed E-state index contributed by atoms with van der Waals surface area (Å²) in [6, 6.07) is 15.7. The molecule has 1 heterocycles. The third-order valence-corrected chi connectivity index (χ3v) is 4.63. The van der Waals surface area contributed by atoms with Gasteiger partial charge >= 0.3 is 5.63 Å². The van der Waals surface area contributed by atoms with E-state index < -0.39 is 11.5 Å². The van der Waals surface area contributed by atoms with E-state index in [1.807, 2.05) is 19.1 Å². The number of primary amides is 1. The highest BCUT2D eigenvalue weighted by atomic mass is 16.5. The first kappa shape index (κ1) is 21.1. The van der Waals surface area contributed by atoms with Crippen molar-refractivity contribution in [3.8, 4) is 5.75 Å². The summed E-state index contributed by atoms with van der Waals surface area (Å²) in [5.41, 5.74) is 6.82. The maximum atomic E-state index is 12.8. The predicted molar refractivity (Wildman–Crippen MR) is 115 cm³/mol. The van der Waals surface area contributed by atoms with Gasteiger partial charge in [-0.25, -0.2) is 4.79 Å². The van der Waals surface area contributed by atoms with Crippen molar-refractivity contribution in [2.24, 2.45) is 5.73 Å². The number of ether oxygens (including phenoxy) is 1. The monoisotopic (exact) mass is 408 g/mol. The van der Waals surface area contributed by atoms with Gasteiger partial charge in [-0.3, -0.25) is 9.59 Å². The van der Waals surface area contributed by atoms with E-state index in [-0.39, 0.29) is 25.5 Å². The van der Waals surface area contributed by atoms with Gasteiger partial charge in [0.2, 0.25) is 5.91 Å². The molecule has 2 N–H and O–H groups in total. The zero-order chi connectivity index (χ0) is 21.5. The van der Waals surface area contributed by atoms with E-state index in [1.165, 1.54) is 11.0 Å². The van der Waals surface area contributed by atoms with Crippen LogP contribution in [0.5, 0.6) is 5.75 Å². The summed E-state index contributed by atoms with van der Waals surface area (Å²) in [6.45, 7) is 1.97. The maximum Gasteiger partial charge on any atom is 0.336 e. The highest BCUT2D eigenvalue weighted by molar-refractivity contribution is 5.95. The molecule has 0 fully saturated rings. The molecule has 0 spiro atoms. The van der Waals surface area contributed by atoms with E-state index in [9.17, 15) is 14.4 Å². The Bertz CT molecular complexity index is 1090. The van der Waals surface area contributed by atoms with Crippen LogP contribution in [0.2, 0.25) is 0 Å². The predicted octanol–water partition coefficient (Wildman–Crippen LogP) is 3.03. The van der Waals surface area contributed by atoms with Crippen LogP contribution in [-0.2, 0) is 16.0 Å². The third kappa shape index (κ3) is 5.26. The second kappa shape index (κ2) is 9.73. The summed E-state index contributed by atoms with van der Waals surface area (Å²) < 4.78 is 11.0. The van der Waals surface area contributed by atoms with Crippen LogP contribution >= 0.6 is 0 Å². The molecule has 156 valence electrons. The Morgan fingerprint density at radius 3 is 2.57 bits per heavy atom. The molecule has 7 heteroatoms. The van der Waals surface area contributed by atoms with Crippen molar-refractivity contribution in [2.75, 3.05) is 18.1 Å². The first-order valence-electron chi connectivity index (χ1n) is 9.81. The van der Waals surface area contributed by atoms with Gasteiger partial charge in [-0.15, -0.1) is 0 Å². The lowest BCUT2D eigenvalue weighted by Gasteiger charge is -2.22. The first-order valence-corrected chi connectivity index (χ1v) is 9.81. The molecule has 7 nitrogen and oxygen atoms in total. The number of hydrogen-bond acceptors (Lipinski definition) is 5. The molecule has 3 rings (SSSR count). The van der Waals surface area contributed by atoms with Gasteiger partial charge in [-0.2, -0.15) is 0 Å². The van der Waals surface area contributed by atoms with Crippen molar-refractivity contribution in [3.05, 3.63) is 70.6 Å². The van der Waals surface area contributed by atoms with Crippen LogP contribution in [0.25, 0.3) is 11.0 Å². The van der Waals surface area contributed by atoms with Gasteiger partial charge < -0.3 is 19.8 Å². The molecule has 3 aromatic rings. The highest BCUT2D eigenvalue weighted by Crippen LogP contribution is 2.24. The van der Waals surface area contributed by atoms with E-state index in [1.54, 1.807) is 36.4 Å². The SMILES string of the molecule is CCCc1cc(=O)oc2cc(OCC(=O)N(CCC(N)=O)c3ccccc3)ccc12. The van der Waals surface area contributed by atoms with E-state index in [0.29, 0.717) is 17.0 Å². The second-order valence-electron chi connectivity index (χ2n) is 6.88. The topological polar surface area (TPSA) is 103 Å². The fourth-order valence-electron chi connectivity index (χ4n) is 3.23. The molecule has 0 aliphatic carbocycles. The molecule has 2 aromatic carbocycles. The number of benzene rings is 2. The fourth-order valence-corrected chi connectivity index (χ4v) is 3.23. The Kier molecular flexibility index (Phi) is 6.85. The van der Waals surface area contributed by atoms with Gasteiger partial charge in [-0.1, -0.05) is 31.5 Å². The Labute approximate surface area is 174 Å². The smallest absolute Gasteiger partial charge is 0.336 e.